The van der Waals surface area contributed by atoms with E-state index in [-0.39, 0.29) is 24.5 Å². The quantitative estimate of drug-likeness (QED) is 0.396. The third kappa shape index (κ3) is 4.27. The van der Waals surface area contributed by atoms with Crippen molar-refractivity contribution in [1.82, 2.24) is 4.90 Å². The monoisotopic (exact) mass is 425 g/mol. The highest BCUT2D eigenvalue weighted by Gasteiger charge is 2.47. The lowest BCUT2D eigenvalue weighted by atomic mass is 9.93. The Balaban J connectivity index is 2.22. The molecule has 7 heteroatoms. The van der Waals surface area contributed by atoms with Gasteiger partial charge in [0.2, 0.25) is 0 Å². The van der Waals surface area contributed by atoms with Crippen LogP contribution >= 0.6 is 0 Å². The van der Waals surface area contributed by atoms with Crippen LogP contribution in [-0.2, 0) is 14.3 Å². The molecule has 1 fully saturated rings. The lowest BCUT2D eigenvalue weighted by Crippen LogP contribution is -2.32. The van der Waals surface area contributed by atoms with Crippen molar-refractivity contribution < 1.29 is 28.9 Å². The second-order valence-corrected chi connectivity index (χ2v) is 7.14. The van der Waals surface area contributed by atoms with Gasteiger partial charge in [0.05, 0.1) is 31.9 Å². The van der Waals surface area contributed by atoms with Crippen LogP contribution in [0, 0.1) is 6.92 Å². The number of carbonyl (C=O) groups excluding carboxylic acids is 2. The molecule has 0 radical (unpaired) electrons. The molecule has 1 aliphatic heterocycles. The Labute approximate surface area is 181 Å². The van der Waals surface area contributed by atoms with Crippen LogP contribution in [0.15, 0.2) is 48.0 Å². The number of rotatable bonds is 8. The summed E-state index contributed by atoms with van der Waals surface area (Å²) in [5.74, 6) is -0.458. The summed E-state index contributed by atoms with van der Waals surface area (Å²) in [5, 5.41) is 11.2. The number of nitrogens with zero attached hydrogens (tertiary/aromatic N) is 1. The van der Waals surface area contributed by atoms with Crippen molar-refractivity contribution in [3.8, 4) is 11.5 Å². The zero-order valence-electron chi connectivity index (χ0n) is 18.2. The van der Waals surface area contributed by atoms with Gasteiger partial charge in [0.25, 0.3) is 11.7 Å². The summed E-state index contributed by atoms with van der Waals surface area (Å²) in [4.78, 5) is 27.4. The van der Waals surface area contributed by atoms with E-state index >= 15 is 0 Å². The Hall–Kier alpha value is -3.32. The van der Waals surface area contributed by atoms with Gasteiger partial charge in [-0.3, -0.25) is 9.59 Å². The Morgan fingerprint density at radius 2 is 1.87 bits per heavy atom. The topological polar surface area (TPSA) is 85.3 Å². The van der Waals surface area contributed by atoms with Gasteiger partial charge in [-0.1, -0.05) is 18.2 Å². The van der Waals surface area contributed by atoms with Crippen LogP contribution in [0.1, 0.15) is 29.7 Å². The maximum Gasteiger partial charge on any atom is 0.295 e. The van der Waals surface area contributed by atoms with E-state index in [1.807, 2.05) is 26.0 Å². The minimum Gasteiger partial charge on any atom is -0.507 e. The van der Waals surface area contributed by atoms with Gasteiger partial charge < -0.3 is 24.2 Å². The standard InChI is InChI=1S/C24H27NO6/c1-5-31-19-9-7-6-8-18(19)21-20(23(27)24(28)25(21)12-13-29-3)22(26)17-11-10-16(30-4)14-15(17)2/h6-11,14,21,26H,5,12-13H2,1-4H3/b22-20+. The van der Waals surface area contributed by atoms with Gasteiger partial charge in [-0.05, 0) is 43.7 Å². The Bertz CT molecular complexity index is 1010. The van der Waals surface area contributed by atoms with E-state index in [1.54, 1.807) is 37.4 Å². The molecule has 164 valence electrons. The molecule has 1 aliphatic rings. The van der Waals surface area contributed by atoms with E-state index in [1.165, 1.54) is 12.0 Å². The number of methoxy groups -OCH3 is 2. The number of aryl methyl sites for hydroxylation is 1. The number of Topliss-reactive ketones (excluding diaryl/α,β-unsaturated/α-hetero) is 1. The molecule has 2 aromatic rings. The van der Waals surface area contributed by atoms with Crippen molar-refractivity contribution >= 4 is 17.4 Å². The highest BCUT2D eigenvalue weighted by atomic mass is 16.5. The Morgan fingerprint density at radius 3 is 2.52 bits per heavy atom. The van der Waals surface area contributed by atoms with Crippen LogP contribution in [0.3, 0.4) is 0 Å². The fourth-order valence-corrected chi connectivity index (χ4v) is 3.79. The first kappa shape index (κ1) is 22.4. The molecule has 7 nitrogen and oxygen atoms in total. The minimum atomic E-state index is -0.792. The highest BCUT2D eigenvalue weighted by molar-refractivity contribution is 6.46. The summed E-state index contributed by atoms with van der Waals surface area (Å²) >= 11 is 0. The summed E-state index contributed by atoms with van der Waals surface area (Å²) in [6, 6.07) is 11.6. The molecule has 0 spiro atoms. The number of benzene rings is 2. The predicted molar refractivity (Wildman–Crippen MR) is 116 cm³/mol. The molecular weight excluding hydrogens is 398 g/mol. The van der Waals surface area contributed by atoms with Crippen molar-refractivity contribution in [3.63, 3.8) is 0 Å². The molecule has 1 unspecified atom stereocenters. The number of ketones is 1. The SMILES string of the molecule is CCOc1ccccc1C1/C(=C(\O)c2ccc(OC)cc2C)C(=O)C(=O)N1CCOC. The summed E-state index contributed by atoms with van der Waals surface area (Å²) in [7, 11) is 3.08. The number of hydrogen-bond acceptors (Lipinski definition) is 6. The summed E-state index contributed by atoms with van der Waals surface area (Å²) in [6.07, 6.45) is 0. The van der Waals surface area contributed by atoms with Gasteiger partial charge in [-0.2, -0.15) is 0 Å². The molecule has 0 aromatic heterocycles. The Morgan fingerprint density at radius 1 is 1.13 bits per heavy atom. The molecule has 3 rings (SSSR count). The maximum absolute atomic E-state index is 13.1. The number of para-hydroxylation sites is 1. The highest BCUT2D eigenvalue weighted by Crippen LogP contribution is 2.43. The van der Waals surface area contributed by atoms with Crippen molar-refractivity contribution in [1.29, 1.82) is 0 Å². The van der Waals surface area contributed by atoms with E-state index in [0.717, 1.165) is 5.56 Å². The molecule has 1 amide bonds. The van der Waals surface area contributed by atoms with Crippen molar-refractivity contribution in [3.05, 3.63) is 64.7 Å². The second-order valence-electron chi connectivity index (χ2n) is 7.14. The van der Waals surface area contributed by atoms with Crippen molar-refractivity contribution in [2.24, 2.45) is 0 Å². The second kappa shape index (κ2) is 9.66. The first-order valence-corrected chi connectivity index (χ1v) is 10.1. The average Bonchev–Trinajstić information content (AvgIpc) is 3.02. The number of likely N-dealkylation sites (tertiary alicyclic amines) is 1. The zero-order valence-corrected chi connectivity index (χ0v) is 18.2. The molecule has 1 heterocycles. The van der Waals surface area contributed by atoms with Gasteiger partial charge in [-0.15, -0.1) is 0 Å². The molecular formula is C24H27NO6. The molecule has 31 heavy (non-hydrogen) atoms. The predicted octanol–water partition coefficient (Wildman–Crippen LogP) is 3.47. The summed E-state index contributed by atoms with van der Waals surface area (Å²) in [5.41, 5.74) is 1.84. The van der Waals surface area contributed by atoms with Crippen molar-refractivity contribution in [2.75, 3.05) is 34.0 Å². The third-order valence-electron chi connectivity index (χ3n) is 5.28. The number of amides is 1. The van der Waals surface area contributed by atoms with Crippen LogP contribution in [0.2, 0.25) is 0 Å². The van der Waals surface area contributed by atoms with E-state index < -0.39 is 17.7 Å². The molecule has 1 atom stereocenters. The molecule has 0 saturated carbocycles. The maximum atomic E-state index is 13.1. The van der Waals surface area contributed by atoms with Gasteiger partial charge >= 0.3 is 0 Å². The summed E-state index contributed by atoms with van der Waals surface area (Å²) in [6.45, 7) is 4.54. The number of aliphatic hydroxyl groups excluding tert-OH is 1. The number of ether oxygens (including phenoxy) is 3. The van der Waals surface area contributed by atoms with E-state index in [9.17, 15) is 14.7 Å². The fraction of sp³-hybridized carbons (Fsp3) is 0.333. The molecule has 0 aliphatic carbocycles. The first-order chi connectivity index (χ1) is 14.9. The smallest absolute Gasteiger partial charge is 0.295 e. The van der Waals surface area contributed by atoms with Gasteiger partial charge in [-0.25, -0.2) is 0 Å². The van der Waals surface area contributed by atoms with E-state index in [0.29, 0.717) is 29.2 Å². The molecule has 0 bridgehead atoms. The van der Waals surface area contributed by atoms with Crippen LogP contribution < -0.4 is 9.47 Å². The summed E-state index contributed by atoms with van der Waals surface area (Å²) < 4.78 is 16.1. The largest absolute Gasteiger partial charge is 0.507 e. The van der Waals surface area contributed by atoms with Crippen LogP contribution in [0.5, 0.6) is 11.5 Å². The fourth-order valence-electron chi connectivity index (χ4n) is 3.79. The number of aliphatic hydroxyl groups is 1. The number of carbonyl (C=O) groups is 2. The lowest BCUT2D eigenvalue weighted by molar-refractivity contribution is -0.140. The zero-order chi connectivity index (χ0) is 22.5. The molecule has 1 N–H and O–H groups in total. The van der Waals surface area contributed by atoms with E-state index in [2.05, 4.69) is 0 Å². The van der Waals surface area contributed by atoms with Crippen LogP contribution in [0.25, 0.3) is 5.76 Å². The minimum absolute atomic E-state index is 0.0292. The van der Waals surface area contributed by atoms with Crippen LogP contribution in [-0.4, -0.2) is 55.7 Å². The third-order valence-corrected chi connectivity index (χ3v) is 5.28. The first-order valence-electron chi connectivity index (χ1n) is 10.1. The normalized spacial score (nSPS) is 17.8. The average molecular weight is 425 g/mol. The number of hydrogen-bond donors (Lipinski definition) is 1. The lowest BCUT2D eigenvalue weighted by Gasteiger charge is -2.26. The Kier molecular flexibility index (Phi) is 6.97. The molecule has 1 saturated heterocycles. The van der Waals surface area contributed by atoms with Gasteiger partial charge in [0.1, 0.15) is 17.3 Å². The van der Waals surface area contributed by atoms with Gasteiger partial charge in [0.15, 0.2) is 0 Å². The van der Waals surface area contributed by atoms with Crippen molar-refractivity contribution in [2.45, 2.75) is 19.9 Å². The van der Waals surface area contributed by atoms with Crippen LogP contribution in [0.4, 0.5) is 0 Å². The molecule has 2 aromatic carbocycles. The van der Waals surface area contributed by atoms with Gasteiger partial charge in [0, 0.05) is 24.8 Å². The van der Waals surface area contributed by atoms with E-state index in [4.69, 9.17) is 14.2 Å².